The Hall–Kier alpha value is -3.68. The molecule has 4 aliphatic rings. The molecule has 7 rings (SSSR count). The summed E-state index contributed by atoms with van der Waals surface area (Å²) in [6, 6.07) is 19.3. The van der Waals surface area contributed by atoms with E-state index < -0.39 is 57.2 Å². The van der Waals surface area contributed by atoms with Crippen molar-refractivity contribution in [2.24, 2.45) is 17.8 Å². The van der Waals surface area contributed by atoms with Gasteiger partial charge in [0, 0.05) is 5.69 Å². The number of likely N-dealkylation sites (tertiary alicyclic amines) is 1. The molecule has 0 spiro atoms. The van der Waals surface area contributed by atoms with Crippen LogP contribution in [-0.2, 0) is 24.1 Å². The molecule has 3 aromatic rings. The van der Waals surface area contributed by atoms with Crippen LogP contribution in [-0.4, -0.2) is 39.7 Å². The van der Waals surface area contributed by atoms with Crippen molar-refractivity contribution in [3.63, 3.8) is 0 Å². The summed E-state index contributed by atoms with van der Waals surface area (Å²) in [5.74, 6) is -5.35. The minimum Gasteiger partial charge on any atom is -0.478 e. The summed E-state index contributed by atoms with van der Waals surface area (Å²) in [4.78, 5) is 51.9. The second kappa shape index (κ2) is 8.66. The highest BCUT2D eigenvalue weighted by atomic mass is 35.5. The summed E-state index contributed by atoms with van der Waals surface area (Å²) < 4.78 is 0. The van der Waals surface area contributed by atoms with Gasteiger partial charge in [0.2, 0.25) is 17.7 Å². The highest BCUT2D eigenvalue weighted by Crippen LogP contribution is 2.69. The monoisotopic (exact) mass is 562 g/mol. The fourth-order valence-corrected chi connectivity index (χ4v) is 7.72. The van der Waals surface area contributed by atoms with Crippen LogP contribution in [0, 0.1) is 17.8 Å². The van der Waals surface area contributed by atoms with Gasteiger partial charge in [-0.1, -0.05) is 68.4 Å². The highest BCUT2D eigenvalue weighted by molar-refractivity contribution is 6.36. The zero-order valence-corrected chi connectivity index (χ0v) is 22.5. The number of hydrogen-bond acceptors (Lipinski definition) is 4. The summed E-state index contributed by atoms with van der Waals surface area (Å²) in [6.07, 6.45) is 0. The molecule has 2 N–H and O–H groups in total. The number of amides is 3. The molecule has 3 aliphatic carbocycles. The lowest BCUT2D eigenvalue weighted by Gasteiger charge is -2.54. The minimum absolute atomic E-state index is 0.00601. The average molecular weight is 563 g/mol. The lowest BCUT2D eigenvalue weighted by Crippen LogP contribution is -2.57. The van der Waals surface area contributed by atoms with Crippen molar-refractivity contribution >= 4 is 52.6 Å². The number of nitrogens with zero attached hydrogens (tertiary/aromatic N) is 1. The second-order valence-corrected chi connectivity index (χ2v) is 11.8. The van der Waals surface area contributed by atoms with Gasteiger partial charge in [0.25, 0.3) is 0 Å². The smallest absolute Gasteiger partial charge is 0.335 e. The molecule has 7 nitrogen and oxygen atoms in total. The standard InChI is InChI=1S/C30H24Cl2N2O5/c1-15(2)24(25(35)33-17-9-7-8-16(14-17)28(38)39)34-26(36)22-23(27(34)37)30(32)19-11-4-3-10-18(19)29(22,31)20-12-5-6-13-21(20)30/h3-15,22-24H,1-2H3,(H,33,35)(H,38,39)/t22-,23-,24+,29?,30?/m1/s1. The summed E-state index contributed by atoms with van der Waals surface area (Å²) >= 11 is 14.9. The summed E-state index contributed by atoms with van der Waals surface area (Å²) in [6.45, 7) is 3.48. The van der Waals surface area contributed by atoms with Crippen molar-refractivity contribution in [1.82, 2.24) is 4.90 Å². The largest absolute Gasteiger partial charge is 0.478 e. The molecule has 2 bridgehead atoms. The number of nitrogens with one attached hydrogen (secondary N) is 1. The summed E-state index contributed by atoms with van der Waals surface area (Å²) in [5.41, 5.74) is 2.96. The van der Waals surface area contributed by atoms with Gasteiger partial charge in [0.15, 0.2) is 0 Å². The maximum absolute atomic E-state index is 14.3. The first-order chi connectivity index (χ1) is 18.5. The molecule has 0 radical (unpaired) electrons. The van der Waals surface area contributed by atoms with Gasteiger partial charge in [-0.15, -0.1) is 23.2 Å². The molecule has 3 amide bonds. The van der Waals surface area contributed by atoms with E-state index in [2.05, 4.69) is 5.32 Å². The Labute approximate surface area is 234 Å². The van der Waals surface area contributed by atoms with Crippen LogP contribution in [0.4, 0.5) is 5.69 Å². The van der Waals surface area contributed by atoms with Crippen molar-refractivity contribution < 1.29 is 24.3 Å². The number of alkyl halides is 2. The Kier molecular flexibility index (Phi) is 5.68. The van der Waals surface area contributed by atoms with Crippen molar-refractivity contribution in [3.8, 4) is 0 Å². The van der Waals surface area contributed by atoms with E-state index in [4.69, 9.17) is 23.2 Å². The van der Waals surface area contributed by atoms with Crippen LogP contribution in [0.15, 0.2) is 72.8 Å². The molecule has 39 heavy (non-hydrogen) atoms. The third-order valence-corrected chi connectivity index (χ3v) is 9.46. The van der Waals surface area contributed by atoms with Gasteiger partial charge in [0.05, 0.1) is 17.4 Å². The van der Waals surface area contributed by atoms with Gasteiger partial charge in [-0.25, -0.2) is 4.79 Å². The van der Waals surface area contributed by atoms with E-state index in [1.54, 1.807) is 19.9 Å². The Morgan fingerprint density at radius 2 is 1.28 bits per heavy atom. The van der Waals surface area contributed by atoms with Crippen LogP contribution in [0.5, 0.6) is 0 Å². The first-order valence-corrected chi connectivity index (χ1v) is 13.4. The predicted octanol–water partition coefficient (Wildman–Crippen LogP) is 4.94. The molecule has 3 atom stereocenters. The van der Waals surface area contributed by atoms with Crippen LogP contribution in [0.3, 0.4) is 0 Å². The zero-order chi connectivity index (χ0) is 27.9. The van der Waals surface area contributed by atoms with Gasteiger partial charge in [0.1, 0.15) is 15.8 Å². The molecule has 1 fully saturated rings. The van der Waals surface area contributed by atoms with Crippen molar-refractivity contribution in [2.45, 2.75) is 29.6 Å². The van der Waals surface area contributed by atoms with E-state index in [1.165, 1.54) is 18.2 Å². The first kappa shape index (κ1) is 25.6. The quantitative estimate of drug-likeness (QED) is 0.338. The lowest BCUT2D eigenvalue weighted by molar-refractivity contribution is -0.148. The van der Waals surface area contributed by atoms with E-state index in [-0.39, 0.29) is 11.3 Å². The van der Waals surface area contributed by atoms with E-state index in [0.29, 0.717) is 22.3 Å². The predicted molar refractivity (Wildman–Crippen MR) is 146 cm³/mol. The Morgan fingerprint density at radius 3 is 1.69 bits per heavy atom. The second-order valence-electron chi connectivity index (χ2n) is 10.6. The fraction of sp³-hybridized carbons (Fsp3) is 0.267. The van der Waals surface area contributed by atoms with E-state index in [1.807, 2.05) is 48.5 Å². The number of rotatable bonds is 5. The number of benzene rings is 3. The van der Waals surface area contributed by atoms with Crippen LogP contribution in [0.25, 0.3) is 0 Å². The maximum atomic E-state index is 14.3. The van der Waals surface area contributed by atoms with Gasteiger partial charge in [-0.2, -0.15) is 0 Å². The number of imide groups is 1. The molecule has 198 valence electrons. The Balaban J connectivity index is 1.46. The van der Waals surface area contributed by atoms with Crippen LogP contribution >= 0.6 is 23.2 Å². The van der Waals surface area contributed by atoms with Crippen molar-refractivity contribution in [3.05, 3.63) is 101 Å². The number of halogens is 2. The Morgan fingerprint density at radius 1 is 0.821 bits per heavy atom. The lowest BCUT2D eigenvalue weighted by atomic mass is 9.54. The molecule has 1 heterocycles. The molecular weight excluding hydrogens is 539 g/mol. The van der Waals surface area contributed by atoms with Gasteiger partial charge < -0.3 is 10.4 Å². The molecule has 1 saturated heterocycles. The molecule has 0 unspecified atom stereocenters. The molecule has 3 aromatic carbocycles. The summed E-state index contributed by atoms with van der Waals surface area (Å²) in [7, 11) is 0. The van der Waals surface area contributed by atoms with Crippen LogP contribution in [0.2, 0.25) is 0 Å². The molecule has 9 heteroatoms. The topological polar surface area (TPSA) is 104 Å². The third-order valence-electron chi connectivity index (χ3n) is 8.17. The van der Waals surface area contributed by atoms with E-state index in [0.717, 1.165) is 4.90 Å². The number of carbonyl (C=O) groups excluding carboxylic acids is 3. The van der Waals surface area contributed by atoms with Gasteiger partial charge >= 0.3 is 5.97 Å². The van der Waals surface area contributed by atoms with Gasteiger partial charge in [-0.05, 0) is 46.4 Å². The normalized spacial score (nSPS) is 27.2. The minimum atomic E-state index is -1.34. The van der Waals surface area contributed by atoms with E-state index >= 15 is 0 Å². The average Bonchev–Trinajstić information content (AvgIpc) is 3.18. The highest BCUT2D eigenvalue weighted by Gasteiger charge is 2.73. The van der Waals surface area contributed by atoms with Crippen molar-refractivity contribution in [1.29, 1.82) is 0 Å². The summed E-state index contributed by atoms with van der Waals surface area (Å²) in [5, 5.41) is 12.0. The van der Waals surface area contributed by atoms with Crippen LogP contribution < -0.4 is 5.32 Å². The third kappa shape index (κ3) is 3.29. The number of aromatic carboxylic acids is 1. The Bertz CT molecular complexity index is 1460. The fourth-order valence-electron chi connectivity index (χ4n) is 6.63. The number of carbonyl (C=O) groups is 4. The van der Waals surface area contributed by atoms with Gasteiger partial charge in [-0.3, -0.25) is 19.3 Å². The number of carboxylic acid groups (broad SMARTS) is 1. The SMILES string of the molecule is CC(C)[C@@H](C(=O)Nc1cccc(C(=O)O)c1)N1C(=O)[C@H]2[C@H](C1=O)C1(Cl)c3ccccc3C2(Cl)c2ccccc21. The zero-order valence-electron chi connectivity index (χ0n) is 21.0. The number of anilines is 1. The van der Waals surface area contributed by atoms with Crippen LogP contribution in [0.1, 0.15) is 46.5 Å². The molecule has 0 aromatic heterocycles. The maximum Gasteiger partial charge on any atom is 0.335 e. The number of carboxylic acids is 1. The van der Waals surface area contributed by atoms with E-state index in [9.17, 15) is 24.3 Å². The molecule has 0 saturated carbocycles. The first-order valence-electron chi connectivity index (χ1n) is 12.6. The molecule has 1 aliphatic heterocycles. The number of hydrogen-bond donors (Lipinski definition) is 2. The van der Waals surface area contributed by atoms with Crippen molar-refractivity contribution in [2.75, 3.05) is 5.32 Å². The molecular formula is C30H24Cl2N2O5.